The topological polar surface area (TPSA) is 64.5 Å². The van der Waals surface area contributed by atoms with E-state index in [2.05, 4.69) is 285 Å². The largest absolute Gasteiger partial charge is 0.228 e. The van der Waals surface area contributed by atoms with E-state index in [0.29, 0.717) is 23.3 Å². The Balaban J connectivity index is 0.709. The molecule has 98 heavy (non-hydrogen) atoms. The van der Waals surface area contributed by atoms with Gasteiger partial charge in [-0.05, 0) is 136 Å². The summed E-state index contributed by atoms with van der Waals surface area (Å²) >= 11 is 3.82. The maximum atomic E-state index is 5.66. The van der Waals surface area contributed by atoms with Crippen molar-refractivity contribution in [3.63, 3.8) is 0 Å². The highest BCUT2D eigenvalue weighted by Gasteiger charge is 2.56. The molecule has 4 heterocycles. The van der Waals surface area contributed by atoms with Crippen LogP contribution < -0.4 is 0 Å². The summed E-state index contributed by atoms with van der Waals surface area (Å²) in [6.45, 7) is 0. The monoisotopic (exact) mass is 1280 g/mol. The van der Waals surface area contributed by atoms with Gasteiger partial charge in [0.2, 0.25) is 0 Å². The Labute approximate surface area is 574 Å². The van der Waals surface area contributed by atoms with Crippen LogP contribution in [-0.4, -0.2) is 24.9 Å². The van der Waals surface area contributed by atoms with Crippen molar-refractivity contribution in [2.75, 3.05) is 0 Å². The first-order valence-electron chi connectivity index (χ1n) is 33.4. The molecule has 0 N–H and O–H groups in total. The van der Waals surface area contributed by atoms with Crippen molar-refractivity contribution < 1.29 is 0 Å². The standard InChI is InChI=1S/C91H53N5S2/c1-4-23-55(24-5-1)76-53-77(93-89(92-76)61-49-50-67-75(52-61)90(82-68-34-13-18-43-78(68)97-84(67)82)70-38-15-10-31-64(70)65-32-11-16-39-71(65)90)60-30-20-29-59(51-60)63-37-22-41-73-80(63)66-33-12-17-40-72(66)91(73)74-42-21-36-62(81(74)85-83(91)69-35-14-19-44-79(69)98-85)54-45-47-58(48-46-54)88-95-86(56-25-6-2-7-26-56)94-87(96-88)57-27-8-3-9-28-57/h1-53H. The van der Waals surface area contributed by atoms with E-state index in [1.165, 1.54) is 119 Å². The lowest BCUT2D eigenvalue weighted by Gasteiger charge is -2.31. The number of benzene rings is 13. The highest BCUT2D eigenvalue weighted by atomic mass is 32.1. The zero-order valence-electron chi connectivity index (χ0n) is 52.7. The normalized spacial score (nSPS) is 14.4. The fraction of sp³-hybridized carbons (Fsp3) is 0.0220. The summed E-state index contributed by atoms with van der Waals surface area (Å²) in [5.41, 5.74) is 29.2. The van der Waals surface area contributed by atoms with Gasteiger partial charge in [-0.1, -0.05) is 291 Å². The van der Waals surface area contributed by atoms with Gasteiger partial charge in [0.05, 0.1) is 22.2 Å². The van der Waals surface area contributed by atoms with Gasteiger partial charge in [0, 0.05) is 58.1 Å². The van der Waals surface area contributed by atoms with Crippen LogP contribution >= 0.6 is 22.7 Å². The predicted octanol–water partition coefficient (Wildman–Crippen LogP) is 23.1. The third-order valence-electron chi connectivity index (χ3n) is 21.0. The average Bonchev–Trinajstić information content (AvgIpc) is 1.50. The van der Waals surface area contributed by atoms with E-state index in [-0.39, 0.29) is 0 Å². The van der Waals surface area contributed by atoms with Crippen LogP contribution in [0.15, 0.2) is 322 Å². The summed E-state index contributed by atoms with van der Waals surface area (Å²) in [5.74, 6) is 2.60. The molecule has 4 aliphatic rings. The van der Waals surface area contributed by atoms with Gasteiger partial charge in [0.15, 0.2) is 23.3 Å². The molecule has 1 unspecified atom stereocenters. The van der Waals surface area contributed by atoms with Gasteiger partial charge < -0.3 is 0 Å². The van der Waals surface area contributed by atoms with E-state index >= 15 is 0 Å². The van der Waals surface area contributed by atoms with E-state index in [0.717, 1.165) is 55.9 Å². The minimum Gasteiger partial charge on any atom is -0.228 e. The third-order valence-corrected chi connectivity index (χ3v) is 23.4. The maximum Gasteiger partial charge on any atom is 0.164 e. The lowest BCUT2D eigenvalue weighted by molar-refractivity contribution is 0.803. The number of hydrogen-bond acceptors (Lipinski definition) is 7. The summed E-state index contributed by atoms with van der Waals surface area (Å²) in [5, 5.41) is 2.59. The molecule has 2 spiro atoms. The Morgan fingerprint density at radius 2 is 0.612 bits per heavy atom. The zero-order valence-corrected chi connectivity index (χ0v) is 54.3. The Morgan fingerprint density at radius 3 is 1.23 bits per heavy atom. The summed E-state index contributed by atoms with van der Waals surface area (Å²) in [4.78, 5) is 29.0. The lowest BCUT2D eigenvalue weighted by atomic mass is 9.69. The van der Waals surface area contributed by atoms with Crippen molar-refractivity contribution in [3.8, 4) is 133 Å². The molecule has 5 nitrogen and oxygen atoms in total. The second-order valence-corrected chi connectivity index (χ2v) is 28.1. The number of rotatable bonds is 8. The van der Waals surface area contributed by atoms with Gasteiger partial charge >= 0.3 is 0 Å². The van der Waals surface area contributed by atoms with Crippen LogP contribution in [0.5, 0.6) is 0 Å². The summed E-state index contributed by atoms with van der Waals surface area (Å²) in [6.07, 6.45) is 0. The third kappa shape index (κ3) is 7.79. The molecule has 0 aliphatic heterocycles. The Kier molecular flexibility index (Phi) is 11.9. The van der Waals surface area contributed by atoms with Gasteiger partial charge in [-0.15, -0.1) is 22.7 Å². The number of nitrogens with zero attached hydrogens (tertiary/aromatic N) is 5. The lowest BCUT2D eigenvalue weighted by Crippen LogP contribution is -2.25. The Morgan fingerprint density at radius 1 is 0.214 bits per heavy atom. The summed E-state index contributed by atoms with van der Waals surface area (Å²) in [6, 6.07) is 117. The molecule has 0 bridgehead atoms. The highest BCUT2D eigenvalue weighted by molar-refractivity contribution is 7.23. The van der Waals surface area contributed by atoms with Crippen LogP contribution in [0.1, 0.15) is 44.5 Å². The minimum atomic E-state index is -0.618. The van der Waals surface area contributed by atoms with Gasteiger partial charge in [-0.2, -0.15) is 0 Å². The minimum absolute atomic E-state index is 0.525. The SMILES string of the molecule is c1ccc(-c2cc(-c3cccc(-c4cccc5c4-c4ccccc4C54c5cccc(-c6ccc(-c7nc(-c8ccccc8)nc(-c8ccccc8)n7)cc6)c5-c5sc6ccccc6c54)c3)nc(-c3ccc4c(c3)C3(c5ccccc5-c5ccccc53)c3c-4sc4ccccc34)n2)cc1. The Bertz CT molecular complexity index is 6090. The second-order valence-electron chi connectivity index (χ2n) is 26.0. The fourth-order valence-corrected chi connectivity index (χ4v) is 19.6. The van der Waals surface area contributed by atoms with E-state index in [1.807, 2.05) is 59.1 Å². The van der Waals surface area contributed by atoms with E-state index in [9.17, 15) is 0 Å². The van der Waals surface area contributed by atoms with E-state index in [1.54, 1.807) is 0 Å². The molecule has 0 saturated carbocycles. The first kappa shape index (κ1) is 55.2. The van der Waals surface area contributed by atoms with Crippen LogP contribution in [0, 0.1) is 0 Å². The maximum absolute atomic E-state index is 5.66. The number of aromatic nitrogens is 5. The van der Waals surface area contributed by atoms with Gasteiger partial charge in [-0.25, -0.2) is 24.9 Å². The summed E-state index contributed by atoms with van der Waals surface area (Å²) in [7, 11) is 0. The number of fused-ring (bicyclic) bond motifs is 24. The molecular formula is C91H53N5S2. The fourth-order valence-electron chi connectivity index (χ4n) is 17.0. The van der Waals surface area contributed by atoms with Crippen LogP contribution in [0.4, 0.5) is 0 Å². The Hall–Kier alpha value is -12.1. The van der Waals surface area contributed by atoms with Crippen molar-refractivity contribution in [1.29, 1.82) is 0 Å². The molecule has 1 atom stereocenters. The van der Waals surface area contributed by atoms with E-state index in [4.69, 9.17) is 24.9 Å². The van der Waals surface area contributed by atoms with Crippen LogP contribution in [0.3, 0.4) is 0 Å². The molecule has 0 radical (unpaired) electrons. The van der Waals surface area contributed by atoms with Crippen molar-refractivity contribution >= 4 is 42.8 Å². The van der Waals surface area contributed by atoms with Gasteiger partial charge in [0.1, 0.15) is 0 Å². The van der Waals surface area contributed by atoms with Crippen LogP contribution in [0.25, 0.3) is 154 Å². The second kappa shape index (κ2) is 21.2. The quantitative estimate of drug-likeness (QED) is 0.152. The highest BCUT2D eigenvalue weighted by Crippen LogP contribution is 2.69. The number of hydrogen-bond donors (Lipinski definition) is 0. The molecule has 7 heteroatoms. The van der Waals surface area contributed by atoms with Crippen molar-refractivity contribution in [1.82, 2.24) is 24.9 Å². The molecule has 454 valence electrons. The van der Waals surface area contributed by atoms with Crippen LogP contribution in [-0.2, 0) is 10.8 Å². The molecule has 13 aromatic carbocycles. The van der Waals surface area contributed by atoms with Gasteiger partial charge in [-0.3, -0.25) is 0 Å². The van der Waals surface area contributed by atoms with Crippen molar-refractivity contribution in [2.24, 2.45) is 0 Å². The predicted molar refractivity (Wildman–Crippen MR) is 402 cm³/mol. The van der Waals surface area contributed by atoms with Crippen molar-refractivity contribution in [2.45, 2.75) is 10.8 Å². The van der Waals surface area contributed by atoms with Crippen molar-refractivity contribution in [3.05, 3.63) is 366 Å². The van der Waals surface area contributed by atoms with Gasteiger partial charge in [0.25, 0.3) is 0 Å². The molecule has 0 fully saturated rings. The first-order chi connectivity index (χ1) is 48.6. The molecule has 0 amide bonds. The molecule has 4 aliphatic carbocycles. The molecule has 4 aromatic heterocycles. The molecule has 0 saturated heterocycles. The zero-order chi connectivity index (χ0) is 64.2. The first-order valence-corrected chi connectivity index (χ1v) is 35.0. The summed E-state index contributed by atoms with van der Waals surface area (Å²) < 4.78 is 2.58. The van der Waals surface area contributed by atoms with E-state index < -0.39 is 10.8 Å². The van der Waals surface area contributed by atoms with Crippen LogP contribution in [0.2, 0.25) is 0 Å². The smallest absolute Gasteiger partial charge is 0.164 e. The molecular weight excluding hydrogens is 1230 g/mol. The molecule has 17 aromatic rings. The molecule has 21 rings (SSSR count). The average molecular weight is 1280 g/mol. The number of thiophene rings is 2.